The number of hydrogen-bond donors (Lipinski definition) is 2. The first-order chi connectivity index (χ1) is 14.7. The molecule has 5 heteroatoms. The number of nitrogens with two attached hydrogens (primary N) is 1. The molecule has 1 unspecified atom stereocenters. The van der Waals surface area contributed by atoms with E-state index in [4.69, 9.17) is 10.7 Å². The summed E-state index contributed by atoms with van der Waals surface area (Å²) in [5.74, 6) is 1.57. The second-order valence-electron chi connectivity index (χ2n) is 8.75. The van der Waals surface area contributed by atoms with E-state index in [-0.39, 0.29) is 5.91 Å². The monoisotopic (exact) mass is 404 g/mol. The number of rotatable bonds is 6. The van der Waals surface area contributed by atoms with Crippen LogP contribution in [0, 0.1) is 11.8 Å². The highest BCUT2D eigenvalue weighted by Crippen LogP contribution is 2.29. The van der Waals surface area contributed by atoms with Crippen LogP contribution in [0.1, 0.15) is 69.2 Å². The van der Waals surface area contributed by atoms with Gasteiger partial charge in [0.2, 0.25) is 5.91 Å². The molecular formula is C25H32N4O. The van der Waals surface area contributed by atoms with Crippen molar-refractivity contribution in [3.8, 4) is 0 Å². The predicted octanol–water partition coefficient (Wildman–Crippen LogP) is 5.08. The molecule has 4 rings (SSSR count). The van der Waals surface area contributed by atoms with Gasteiger partial charge in [0.1, 0.15) is 0 Å². The zero-order valence-corrected chi connectivity index (χ0v) is 17.6. The van der Waals surface area contributed by atoms with Gasteiger partial charge < -0.3 is 11.1 Å². The Morgan fingerprint density at radius 3 is 2.73 bits per heavy atom. The van der Waals surface area contributed by atoms with E-state index in [9.17, 15) is 4.79 Å². The van der Waals surface area contributed by atoms with Gasteiger partial charge in [0, 0.05) is 12.1 Å². The molecule has 158 valence electrons. The maximum absolute atomic E-state index is 12.7. The lowest BCUT2D eigenvalue weighted by Gasteiger charge is -2.21. The van der Waals surface area contributed by atoms with Gasteiger partial charge in [-0.15, -0.1) is 0 Å². The first-order valence-electron chi connectivity index (χ1n) is 11.3. The zero-order chi connectivity index (χ0) is 20.8. The van der Waals surface area contributed by atoms with Crippen molar-refractivity contribution in [2.45, 2.75) is 64.2 Å². The third-order valence-corrected chi connectivity index (χ3v) is 6.34. The number of aromatic nitrogens is 2. The van der Waals surface area contributed by atoms with Crippen LogP contribution >= 0.6 is 0 Å². The third-order valence-electron chi connectivity index (χ3n) is 6.34. The molecule has 0 aromatic carbocycles. The molecule has 5 nitrogen and oxygen atoms in total. The summed E-state index contributed by atoms with van der Waals surface area (Å²) in [6.07, 6.45) is 24.5. The fourth-order valence-electron chi connectivity index (χ4n) is 4.56. The van der Waals surface area contributed by atoms with Crippen molar-refractivity contribution in [2.75, 3.05) is 5.32 Å². The van der Waals surface area contributed by atoms with Gasteiger partial charge in [-0.25, -0.2) is 9.97 Å². The Labute approximate surface area is 179 Å². The van der Waals surface area contributed by atoms with Crippen molar-refractivity contribution < 1.29 is 4.79 Å². The number of hydrogen-bond acceptors (Lipinski definition) is 4. The summed E-state index contributed by atoms with van der Waals surface area (Å²) in [5.41, 5.74) is 9.71. The van der Waals surface area contributed by atoms with Crippen LogP contribution in [-0.2, 0) is 11.2 Å². The summed E-state index contributed by atoms with van der Waals surface area (Å²) in [4.78, 5) is 22.3. The van der Waals surface area contributed by atoms with Crippen molar-refractivity contribution in [1.82, 2.24) is 9.97 Å². The summed E-state index contributed by atoms with van der Waals surface area (Å²) in [6.45, 7) is 0. The number of carbonyl (C=O) groups is 1. The van der Waals surface area contributed by atoms with E-state index in [1.54, 1.807) is 6.20 Å². The number of nitrogens with zero attached hydrogens (tertiary/aromatic N) is 2. The van der Waals surface area contributed by atoms with Crippen LogP contribution in [0.4, 0.5) is 5.82 Å². The molecule has 0 saturated heterocycles. The number of amides is 1. The minimum Gasteiger partial charge on any atom is -0.402 e. The highest BCUT2D eigenvalue weighted by atomic mass is 16.1. The number of anilines is 1. The number of nitrogens with one attached hydrogen (secondary N) is 1. The topological polar surface area (TPSA) is 80.9 Å². The van der Waals surface area contributed by atoms with E-state index in [0.29, 0.717) is 24.1 Å². The molecule has 0 bridgehead atoms. The smallest absolute Gasteiger partial charge is 0.225 e. The van der Waals surface area contributed by atoms with Crippen LogP contribution in [0.15, 0.2) is 48.4 Å². The van der Waals surface area contributed by atoms with Crippen LogP contribution in [-0.4, -0.2) is 15.9 Å². The molecular weight excluding hydrogens is 372 g/mol. The Kier molecular flexibility index (Phi) is 6.77. The molecule has 3 aliphatic carbocycles. The summed E-state index contributed by atoms with van der Waals surface area (Å²) >= 11 is 0. The Balaban J connectivity index is 1.52. The molecule has 30 heavy (non-hydrogen) atoms. The summed E-state index contributed by atoms with van der Waals surface area (Å²) in [5, 5.41) is 3.08. The molecule has 1 heterocycles. The van der Waals surface area contributed by atoms with E-state index in [1.165, 1.54) is 19.3 Å². The maximum atomic E-state index is 12.7. The minimum atomic E-state index is 0.0665. The predicted molar refractivity (Wildman–Crippen MR) is 121 cm³/mol. The van der Waals surface area contributed by atoms with Crippen LogP contribution in [0.5, 0.6) is 0 Å². The molecule has 1 fully saturated rings. The van der Waals surface area contributed by atoms with Gasteiger partial charge in [-0.2, -0.15) is 0 Å². The molecule has 1 amide bonds. The molecule has 3 aliphatic rings. The molecule has 3 N–H and O–H groups in total. The fraction of sp³-hybridized carbons (Fsp3) is 0.480. The van der Waals surface area contributed by atoms with Gasteiger partial charge >= 0.3 is 0 Å². The van der Waals surface area contributed by atoms with Gasteiger partial charge in [-0.05, 0) is 62.0 Å². The van der Waals surface area contributed by atoms with E-state index in [1.807, 2.05) is 12.2 Å². The Bertz CT molecular complexity index is 890. The Hall–Kier alpha value is -2.69. The normalized spacial score (nSPS) is 21.8. The van der Waals surface area contributed by atoms with E-state index < -0.39 is 0 Å². The second-order valence-corrected chi connectivity index (χ2v) is 8.75. The van der Waals surface area contributed by atoms with Crippen LogP contribution < -0.4 is 11.1 Å². The lowest BCUT2D eigenvalue weighted by Crippen LogP contribution is -2.21. The van der Waals surface area contributed by atoms with Gasteiger partial charge in [0.15, 0.2) is 5.82 Å². The lowest BCUT2D eigenvalue weighted by atomic mass is 9.87. The quantitative estimate of drug-likeness (QED) is 0.693. The maximum Gasteiger partial charge on any atom is 0.225 e. The molecule has 0 aliphatic heterocycles. The minimum absolute atomic E-state index is 0.0665. The van der Waals surface area contributed by atoms with Crippen molar-refractivity contribution in [2.24, 2.45) is 17.6 Å². The Morgan fingerprint density at radius 1 is 1.13 bits per heavy atom. The van der Waals surface area contributed by atoms with Crippen LogP contribution in [0.2, 0.25) is 0 Å². The third kappa shape index (κ3) is 5.47. The first kappa shape index (κ1) is 20.6. The SMILES string of the molecule is NC1=CC=C(c2cnc(NC(=O)CC3CCCCC3)c(CC3C=CC=CC3)n2)CC1. The van der Waals surface area contributed by atoms with Crippen LogP contribution in [0.3, 0.4) is 0 Å². The van der Waals surface area contributed by atoms with Gasteiger partial charge in [-0.3, -0.25) is 4.79 Å². The van der Waals surface area contributed by atoms with Crippen molar-refractivity contribution in [3.05, 3.63) is 59.7 Å². The van der Waals surface area contributed by atoms with Crippen molar-refractivity contribution >= 4 is 17.3 Å². The molecule has 1 saturated carbocycles. The molecule has 1 aromatic heterocycles. The molecule has 0 radical (unpaired) electrons. The lowest BCUT2D eigenvalue weighted by molar-refractivity contribution is -0.117. The standard InChI is InChI=1S/C25H32N4O/c26-21-13-11-20(12-14-21)23-17-27-25(22(28-23)15-18-7-3-1-4-8-18)29-24(30)16-19-9-5-2-6-10-19/h1,3-4,7,11,13,17-19H,2,5-6,8-10,12,14-16,26H2,(H,27,29,30). The average molecular weight is 405 g/mol. The average Bonchev–Trinajstić information content (AvgIpc) is 2.77. The first-order valence-corrected chi connectivity index (χ1v) is 11.3. The molecule has 1 aromatic rings. The fourth-order valence-corrected chi connectivity index (χ4v) is 4.56. The van der Waals surface area contributed by atoms with Crippen molar-refractivity contribution in [1.29, 1.82) is 0 Å². The molecule has 1 atom stereocenters. The van der Waals surface area contributed by atoms with E-state index in [0.717, 1.165) is 61.2 Å². The van der Waals surface area contributed by atoms with Gasteiger partial charge in [0.05, 0.1) is 17.6 Å². The Morgan fingerprint density at radius 2 is 2.00 bits per heavy atom. The molecule has 0 spiro atoms. The zero-order valence-electron chi connectivity index (χ0n) is 17.6. The van der Waals surface area contributed by atoms with E-state index >= 15 is 0 Å². The highest BCUT2D eigenvalue weighted by Gasteiger charge is 2.20. The van der Waals surface area contributed by atoms with Gasteiger partial charge in [0.25, 0.3) is 0 Å². The second kappa shape index (κ2) is 9.88. The van der Waals surface area contributed by atoms with Gasteiger partial charge in [-0.1, -0.05) is 49.6 Å². The largest absolute Gasteiger partial charge is 0.402 e. The van der Waals surface area contributed by atoms with Crippen LogP contribution in [0.25, 0.3) is 5.57 Å². The highest BCUT2D eigenvalue weighted by molar-refractivity contribution is 5.90. The van der Waals surface area contributed by atoms with E-state index in [2.05, 4.69) is 34.6 Å². The summed E-state index contributed by atoms with van der Waals surface area (Å²) in [7, 11) is 0. The summed E-state index contributed by atoms with van der Waals surface area (Å²) in [6, 6.07) is 0. The summed E-state index contributed by atoms with van der Waals surface area (Å²) < 4.78 is 0. The number of allylic oxidation sites excluding steroid dienone is 8. The number of carbonyl (C=O) groups excluding carboxylic acids is 1. The van der Waals surface area contributed by atoms with Crippen molar-refractivity contribution in [3.63, 3.8) is 0 Å².